The molecule has 108 valence electrons. The van der Waals surface area contributed by atoms with Gasteiger partial charge in [-0.3, -0.25) is 4.79 Å². The molecule has 3 N–H and O–H groups in total. The van der Waals surface area contributed by atoms with Gasteiger partial charge in [-0.15, -0.1) is 12.4 Å². The third-order valence-corrected chi connectivity index (χ3v) is 2.82. The second kappa shape index (κ2) is 7.86. The summed E-state index contributed by atoms with van der Waals surface area (Å²) in [6.45, 7) is 2.60. The molecular weight excluding hydrogens is 268 g/mol. The highest BCUT2D eigenvalue weighted by atomic mass is 35.5. The number of nitrogens with zero attached hydrogens (tertiary/aromatic N) is 1. The fraction of sp³-hybridized carbons (Fsp3) is 0.462. The summed E-state index contributed by atoms with van der Waals surface area (Å²) in [7, 11) is 3.22. The molecule has 0 aliphatic carbocycles. The maximum absolute atomic E-state index is 11.9. The molecule has 0 radical (unpaired) electrons. The summed E-state index contributed by atoms with van der Waals surface area (Å²) in [6.07, 6.45) is 0. The summed E-state index contributed by atoms with van der Waals surface area (Å²) >= 11 is 0. The van der Waals surface area contributed by atoms with E-state index in [4.69, 9.17) is 10.5 Å². The Bertz CT molecular complexity index is 426. The highest BCUT2D eigenvalue weighted by Gasteiger charge is 2.16. The van der Waals surface area contributed by atoms with Crippen molar-refractivity contribution in [2.24, 2.45) is 11.7 Å². The van der Waals surface area contributed by atoms with Crippen molar-refractivity contribution in [2.45, 2.75) is 13.5 Å². The van der Waals surface area contributed by atoms with Crippen LogP contribution in [0.4, 0.5) is 0 Å². The Morgan fingerprint density at radius 2 is 2.16 bits per heavy atom. The van der Waals surface area contributed by atoms with Crippen molar-refractivity contribution >= 4 is 18.3 Å². The number of hydrogen-bond acceptors (Lipinski definition) is 4. The molecule has 1 aromatic carbocycles. The number of aromatic hydroxyl groups is 1. The first-order chi connectivity index (χ1) is 8.49. The van der Waals surface area contributed by atoms with Crippen LogP contribution in [0.15, 0.2) is 18.2 Å². The number of halogens is 1. The molecule has 1 unspecified atom stereocenters. The largest absolute Gasteiger partial charge is 0.504 e. The summed E-state index contributed by atoms with van der Waals surface area (Å²) in [5.74, 6) is 0.310. The zero-order chi connectivity index (χ0) is 13.7. The van der Waals surface area contributed by atoms with Crippen LogP contribution in [0.5, 0.6) is 11.5 Å². The van der Waals surface area contributed by atoms with Crippen LogP contribution < -0.4 is 10.5 Å². The van der Waals surface area contributed by atoms with Crippen LogP contribution in [-0.4, -0.2) is 36.6 Å². The Kier molecular flexibility index (Phi) is 7.26. The number of carbonyl (C=O) groups is 1. The summed E-state index contributed by atoms with van der Waals surface area (Å²) in [4.78, 5) is 13.5. The van der Waals surface area contributed by atoms with Crippen LogP contribution in [0.3, 0.4) is 0 Å². The Morgan fingerprint density at radius 1 is 1.53 bits per heavy atom. The van der Waals surface area contributed by atoms with Gasteiger partial charge in [0.15, 0.2) is 11.5 Å². The van der Waals surface area contributed by atoms with Crippen molar-refractivity contribution in [3.05, 3.63) is 23.8 Å². The second-order valence-electron chi connectivity index (χ2n) is 4.34. The van der Waals surface area contributed by atoms with E-state index in [0.29, 0.717) is 18.8 Å². The third kappa shape index (κ3) is 4.61. The molecule has 0 spiro atoms. The average molecular weight is 289 g/mol. The maximum Gasteiger partial charge on any atom is 0.226 e. The zero-order valence-corrected chi connectivity index (χ0v) is 12.2. The monoisotopic (exact) mass is 288 g/mol. The number of rotatable bonds is 5. The number of ether oxygens (including phenoxy) is 1. The topological polar surface area (TPSA) is 75.8 Å². The standard InChI is InChI=1S/C13H20N2O3.ClH/c1-9(7-14)13(17)15(2)8-10-4-5-11(16)12(6-10)18-3;/h4-6,9,16H,7-8,14H2,1-3H3;1H. The molecule has 0 saturated heterocycles. The highest BCUT2D eigenvalue weighted by molar-refractivity contribution is 5.85. The van der Waals surface area contributed by atoms with E-state index in [1.54, 1.807) is 37.1 Å². The predicted molar refractivity (Wildman–Crippen MR) is 76.6 cm³/mol. The van der Waals surface area contributed by atoms with Gasteiger partial charge in [0.1, 0.15) is 0 Å². The third-order valence-electron chi connectivity index (χ3n) is 2.82. The molecule has 0 aliphatic heterocycles. The number of benzene rings is 1. The number of hydrogen-bond donors (Lipinski definition) is 2. The molecule has 6 heteroatoms. The van der Waals surface area contributed by atoms with E-state index in [0.717, 1.165) is 5.56 Å². The van der Waals surface area contributed by atoms with Crippen LogP contribution in [0, 0.1) is 5.92 Å². The minimum absolute atomic E-state index is 0. The minimum atomic E-state index is -0.186. The van der Waals surface area contributed by atoms with E-state index in [9.17, 15) is 9.90 Å². The van der Waals surface area contributed by atoms with Crippen LogP contribution in [0.25, 0.3) is 0 Å². The SMILES string of the molecule is COc1cc(CN(C)C(=O)C(C)CN)ccc1O.Cl. The Hall–Kier alpha value is -1.46. The number of amides is 1. The number of nitrogens with two attached hydrogens (primary N) is 1. The quantitative estimate of drug-likeness (QED) is 0.858. The summed E-state index contributed by atoms with van der Waals surface area (Å²) in [5.41, 5.74) is 6.36. The molecule has 5 nitrogen and oxygen atoms in total. The van der Waals surface area contributed by atoms with Crippen molar-refractivity contribution in [3.8, 4) is 11.5 Å². The molecule has 1 rings (SSSR count). The molecule has 1 amide bonds. The number of phenols is 1. The van der Waals surface area contributed by atoms with Crippen molar-refractivity contribution in [1.29, 1.82) is 0 Å². The van der Waals surface area contributed by atoms with Gasteiger partial charge in [-0.05, 0) is 17.7 Å². The molecule has 0 fully saturated rings. The maximum atomic E-state index is 11.9. The van der Waals surface area contributed by atoms with Gasteiger partial charge in [-0.25, -0.2) is 0 Å². The normalized spacial score (nSPS) is 11.4. The van der Waals surface area contributed by atoms with Crippen molar-refractivity contribution in [3.63, 3.8) is 0 Å². The summed E-state index contributed by atoms with van der Waals surface area (Å²) in [5, 5.41) is 9.48. The van der Waals surface area contributed by atoms with E-state index < -0.39 is 0 Å². The van der Waals surface area contributed by atoms with E-state index in [1.807, 2.05) is 0 Å². The number of carbonyl (C=O) groups excluding carboxylic acids is 1. The van der Waals surface area contributed by atoms with E-state index >= 15 is 0 Å². The van der Waals surface area contributed by atoms with Gasteiger partial charge >= 0.3 is 0 Å². The molecule has 0 aliphatic rings. The lowest BCUT2D eigenvalue weighted by Gasteiger charge is -2.21. The molecule has 19 heavy (non-hydrogen) atoms. The molecule has 1 atom stereocenters. The first-order valence-electron chi connectivity index (χ1n) is 5.80. The average Bonchev–Trinajstić information content (AvgIpc) is 2.38. The van der Waals surface area contributed by atoms with Gasteiger partial charge in [0.2, 0.25) is 5.91 Å². The zero-order valence-electron chi connectivity index (χ0n) is 11.4. The van der Waals surface area contributed by atoms with Crippen LogP contribution in [0.2, 0.25) is 0 Å². The Labute approximate surface area is 119 Å². The van der Waals surface area contributed by atoms with Crippen LogP contribution in [-0.2, 0) is 11.3 Å². The van der Waals surface area contributed by atoms with E-state index in [-0.39, 0.29) is 30.0 Å². The predicted octanol–water partition coefficient (Wildman–Crippen LogP) is 1.38. The first kappa shape index (κ1) is 17.5. The van der Waals surface area contributed by atoms with Crippen molar-refractivity contribution in [2.75, 3.05) is 20.7 Å². The lowest BCUT2D eigenvalue weighted by atomic mass is 10.1. The van der Waals surface area contributed by atoms with E-state index in [1.165, 1.54) is 7.11 Å². The smallest absolute Gasteiger partial charge is 0.226 e. The second-order valence-corrected chi connectivity index (χ2v) is 4.34. The Balaban J connectivity index is 0.00000324. The van der Waals surface area contributed by atoms with Gasteiger partial charge in [-0.1, -0.05) is 13.0 Å². The molecule has 0 saturated carbocycles. The highest BCUT2D eigenvalue weighted by Crippen LogP contribution is 2.26. The molecule has 0 aromatic heterocycles. The fourth-order valence-electron chi connectivity index (χ4n) is 1.65. The molecule has 1 aromatic rings. The molecule has 0 heterocycles. The van der Waals surface area contributed by atoms with Crippen molar-refractivity contribution in [1.82, 2.24) is 4.90 Å². The number of phenolic OH excluding ortho intramolecular Hbond substituents is 1. The van der Waals surface area contributed by atoms with Gasteiger partial charge in [0, 0.05) is 26.1 Å². The first-order valence-corrected chi connectivity index (χ1v) is 5.80. The lowest BCUT2D eigenvalue weighted by molar-refractivity contribution is -0.133. The van der Waals surface area contributed by atoms with Gasteiger partial charge in [-0.2, -0.15) is 0 Å². The summed E-state index contributed by atoms with van der Waals surface area (Å²) < 4.78 is 5.02. The van der Waals surface area contributed by atoms with Gasteiger partial charge < -0.3 is 20.5 Å². The molecule has 0 bridgehead atoms. The summed E-state index contributed by atoms with van der Waals surface area (Å²) in [6, 6.07) is 5.03. The van der Waals surface area contributed by atoms with E-state index in [2.05, 4.69) is 0 Å². The number of methoxy groups -OCH3 is 1. The van der Waals surface area contributed by atoms with Crippen molar-refractivity contribution < 1.29 is 14.6 Å². The minimum Gasteiger partial charge on any atom is -0.504 e. The van der Waals surface area contributed by atoms with Gasteiger partial charge in [0.05, 0.1) is 7.11 Å². The van der Waals surface area contributed by atoms with Crippen LogP contribution in [0.1, 0.15) is 12.5 Å². The van der Waals surface area contributed by atoms with Crippen LogP contribution >= 0.6 is 12.4 Å². The molecular formula is C13H21ClN2O3. The fourth-order valence-corrected chi connectivity index (χ4v) is 1.65. The van der Waals surface area contributed by atoms with Gasteiger partial charge in [0.25, 0.3) is 0 Å². The Morgan fingerprint density at radius 3 is 2.68 bits per heavy atom. The lowest BCUT2D eigenvalue weighted by Crippen LogP contribution is -2.34.